The van der Waals surface area contributed by atoms with E-state index in [1.165, 1.54) is 18.7 Å². The lowest BCUT2D eigenvalue weighted by molar-refractivity contribution is -0.152. The number of carbonyl (C=O) groups is 3. The van der Waals surface area contributed by atoms with Gasteiger partial charge in [-0.25, -0.2) is 4.79 Å². The molecule has 0 radical (unpaired) electrons. The Morgan fingerprint density at radius 3 is 2.39 bits per heavy atom. The summed E-state index contributed by atoms with van der Waals surface area (Å²) >= 11 is 1.33. The molecule has 8 nitrogen and oxygen atoms in total. The monoisotopic (exact) mass is 516 g/mol. The topological polar surface area (TPSA) is 85.4 Å². The molecule has 2 aromatic rings. The second-order valence-electron chi connectivity index (χ2n) is 8.42. The van der Waals surface area contributed by atoms with Crippen LogP contribution in [-0.2, 0) is 19.1 Å². The lowest BCUT2D eigenvalue weighted by Gasteiger charge is -2.28. The van der Waals surface area contributed by atoms with Gasteiger partial charge in [-0.3, -0.25) is 9.59 Å². The molecule has 2 atom stereocenters. The maximum atomic E-state index is 13.9. The molecule has 0 spiro atoms. The molecule has 0 aromatic heterocycles. The van der Waals surface area contributed by atoms with Crippen LogP contribution in [0.5, 0.6) is 5.75 Å². The fourth-order valence-corrected chi connectivity index (χ4v) is 5.16. The van der Waals surface area contributed by atoms with Crippen LogP contribution < -0.4 is 9.64 Å². The third-order valence-corrected chi connectivity index (χ3v) is 6.92. The third-order valence-electron chi connectivity index (χ3n) is 5.48. The summed E-state index contributed by atoms with van der Waals surface area (Å²) in [7, 11) is 5.41. The Morgan fingerprint density at radius 2 is 1.81 bits per heavy atom. The molecule has 36 heavy (non-hydrogen) atoms. The SMILES string of the molecule is C.CCCOC(=O)c1cccc2c1S[C@@H](c1ccc(OC)cc1)[C@@H](OC(C)=O)C(=O)N2CCN(C)C. The molecule has 9 heteroatoms. The number of esters is 2. The normalized spacial score (nSPS) is 17.1. The van der Waals surface area contributed by atoms with Crippen LogP contribution in [0, 0.1) is 0 Å². The van der Waals surface area contributed by atoms with Gasteiger partial charge in [-0.05, 0) is 50.3 Å². The largest absolute Gasteiger partial charge is 0.497 e. The number of methoxy groups -OCH3 is 1. The predicted molar refractivity (Wildman–Crippen MR) is 142 cm³/mol. The van der Waals surface area contributed by atoms with Gasteiger partial charge < -0.3 is 24.0 Å². The lowest BCUT2D eigenvalue weighted by atomic mass is 10.1. The first-order valence-electron chi connectivity index (χ1n) is 11.5. The number of hydrogen-bond acceptors (Lipinski definition) is 8. The standard InChI is InChI=1S/C26H32N2O6S.CH4/c1-6-16-33-26(31)20-8-7-9-21-24(20)35-23(18-10-12-19(32-5)13-11-18)22(34-17(2)29)25(30)28(21)15-14-27(3)4;/h7-13,22-23H,6,14-16H2,1-5H3;1H4/t22-,23+;/m1./s1. The van der Waals surface area contributed by atoms with E-state index in [9.17, 15) is 14.4 Å². The van der Waals surface area contributed by atoms with E-state index < -0.39 is 23.3 Å². The van der Waals surface area contributed by atoms with Gasteiger partial charge in [0, 0.05) is 24.9 Å². The molecule has 0 saturated heterocycles. The number of likely N-dealkylation sites (N-methyl/N-ethyl adjacent to an activating group) is 1. The molecule has 0 unspecified atom stereocenters. The first-order valence-corrected chi connectivity index (χ1v) is 12.4. The van der Waals surface area contributed by atoms with Crippen molar-refractivity contribution in [1.82, 2.24) is 4.90 Å². The van der Waals surface area contributed by atoms with Gasteiger partial charge in [-0.1, -0.05) is 32.5 Å². The lowest BCUT2D eigenvalue weighted by Crippen LogP contribution is -2.45. The number of hydrogen-bond donors (Lipinski definition) is 0. The Balaban J connectivity index is 0.00000456. The summed E-state index contributed by atoms with van der Waals surface area (Å²) in [6.45, 7) is 4.46. The van der Waals surface area contributed by atoms with Crippen molar-refractivity contribution in [3.8, 4) is 5.75 Å². The minimum Gasteiger partial charge on any atom is -0.497 e. The van der Waals surface area contributed by atoms with Gasteiger partial charge in [0.15, 0.2) is 6.10 Å². The molecule has 2 aromatic carbocycles. The van der Waals surface area contributed by atoms with E-state index in [-0.39, 0.29) is 13.3 Å². The number of anilines is 1. The van der Waals surface area contributed by atoms with Crippen LogP contribution >= 0.6 is 11.8 Å². The zero-order valence-electron chi connectivity index (χ0n) is 20.8. The molecule has 0 fully saturated rings. The van der Waals surface area contributed by atoms with Crippen LogP contribution in [0.2, 0.25) is 0 Å². The average Bonchev–Trinajstić information content (AvgIpc) is 2.95. The van der Waals surface area contributed by atoms with Crippen molar-refractivity contribution in [3.63, 3.8) is 0 Å². The zero-order chi connectivity index (χ0) is 25.5. The summed E-state index contributed by atoms with van der Waals surface area (Å²) in [5.74, 6) is -0.674. The molecule has 0 aliphatic carbocycles. The summed E-state index contributed by atoms with van der Waals surface area (Å²) < 4.78 is 16.3. The van der Waals surface area contributed by atoms with E-state index >= 15 is 0 Å². The number of carbonyl (C=O) groups excluding carboxylic acids is 3. The fraction of sp³-hybridized carbons (Fsp3) is 0.444. The zero-order valence-corrected chi connectivity index (χ0v) is 21.6. The van der Waals surface area contributed by atoms with Crippen LogP contribution in [0.3, 0.4) is 0 Å². The third kappa shape index (κ3) is 6.79. The number of fused-ring (bicyclic) bond motifs is 1. The van der Waals surface area contributed by atoms with Gasteiger partial charge in [0.1, 0.15) is 5.75 Å². The molecule has 0 N–H and O–H groups in total. The van der Waals surface area contributed by atoms with Gasteiger partial charge >= 0.3 is 11.9 Å². The summed E-state index contributed by atoms with van der Waals surface area (Å²) in [6, 6.07) is 12.5. The summed E-state index contributed by atoms with van der Waals surface area (Å²) in [4.78, 5) is 43.1. The van der Waals surface area contributed by atoms with Crippen LogP contribution in [0.25, 0.3) is 0 Å². The highest BCUT2D eigenvalue weighted by Crippen LogP contribution is 2.48. The second kappa shape index (κ2) is 13.3. The highest BCUT2D eigenvalue weighted by molar-refractivity contribution is 8.00. The smallest absolute Gasteiger partial charge is 0.339 e. The van der Waals surface area contributed by atoms with Gasteiger partial charge in [-0.2, -0.15) is 0 Å². The molecule has 1 aliphatic heterocycles. The quantitative estimate of drug-likeness (QED) is 0.448. The van der Waals surface area contributed by atoms with E-state index in [2.05, 4.69) is 0 Å². The Hall–Kier alpha value is -3.04. The summed E-state index contributed by atoms with van der Waals surface area (Å²) in [6.07, 6.45) is -0.385. The van der Waals surface area contributed by atoms with Crippen LogP contribution in [0.1, 0.15) is 48.9 Å². The Bertz CT molecular complexity index is 1060. The van der Waals surface area contributed by atoms with Gasteiger partial charge in [-0.15, -0.1) is 11.8 Å². The van der Waals surface area contributed by atoms with Gasteiger partial charge in [0.05, 0.1) is 30.2 Å². The second-order valence-corrected chi connectivity index (χ2v) is 9.58. The van der Waals surface area contributed by atoms with E-state index in [1.54, 1.807) is 36.3 Å². The van der Waals surface area contributed by atoms with E-state index in [4.69, 9.17) is 14.2 Å². The molecule has 3 rings (SSSR count). The number of thioether (sulfide) groups is 1. The number of amides is 1. The Labute approximate surface area is 217 Å². The molecule has 1 heterocycles. The molecule has 0 bridgehead atoms. The number of nitrogens with zero attached hydrogens (tertiary/aromatic N) is 2. The molecule has 1 aliphatic rings. The Kier molecular flexibility index (Phi) is 10.8. The van der Waals surface area contributed by atoms with Gasteiger partial charge in [0.2, 0.25) is 0 Å². The van der Waals surface area contributed by atoms with E-state index in [0.717, 1.165) is 5.56 Å². The maximum absolute atomic E-state index is 13.9. The van der Waals surface area contributed by atoms with Crippen molar-refractivity contribution in [3.05, 3.63) is 53.6 Å². The summed E-state index contributed by atoms with van der Waals surface area (Å²) in [5, 5.41) is -0.583. The number of rotatable bonds is 9. The minimum absolute atomic E-state index is 0. The van der Waals surface area contributed by atoms with Crippen LogP contribution in [0.4, 0.5) is 5.69 Å². The van der Waals surface area contributed by atoms with Crippen molar-refractivity contribution in [2.75, 3.05) is 45.8 Å². The number of benzene rings is 2. The predicted octanol–water partition coefficient (Wildman–Crippen LogP) is 4.57. The average molecular weight is 517 g/mol. The van der Waals surface area contributed by atoms with Crippen molar-refractivity contribution >= 4 is 35.3 Å². The van der Waals surface area contributed by atoms with Crippen molar-refractivity contribution in [2.24, 2.45) is 0 Å². The van der Waals surface area contributed by atoms with E-state index in [0.29, 0.717) is 48.0 Å². The molecule has 1 amide bonds. The first kappa shape index (κ1) is 29.2. The summed E-state index contributed by atoms with van der Waals surface area (Å²) in [5.41, 5.74) is 1.75. The van der Waals surface area contributed by atoms with Crippen molar-refractivity contribution in [2.45, 2.75) is 43.9 Å². The molecule has 196 valence electrons. The number of ether oxygens (including phenoxy) is 3. The fourth-order valence-electron chi connectivity index (χ4n) is 3.74. The highest BCUT2D eigenvalue weighted by atomic mass is 32.2. The first-order chi connectivity index (χ1) is 16.8. The van der Waals surface area contributed by atoms with Crippen LogP contribution in [0.15, 0.2) is 47.4 Å². The minimum atomic E-state index is -1.08. The van der Waals surface area contributed by atoms with Crippen molar-refractivity contribution in [1.29, 1.82) is 0 Å². The maximum Gasteiger partial charge on any atom is 0.339 e. The molecular weight excluding hydrogens is 480 g/mol. The Morgan fingerprint density at radius 1 is 1.11 bits per heavy atom. The van der Waals surface area contributed by atoms with E-state index in [1.807, 2.05) is 44.1 Å². The molecule has 0 saturated carbocycles. The highest BCUT2D eigenvalue weighted by Gasteiger charge is 2.42. The van der Waals surface area contributed by atoms with Crippen LogP contribution in [-0.4, -0.2) is 69.8 Å². The van der Waals surface area contributed by atoms with Crippen molar-refractivity contribution < 1.29 is 28.6 Å². The van der Waals surface area contributed by atoms with Gasteiger partial charge in [0.25, 0.3) is 5.91 Å². The molecular formula is C27H36N2O6S.